The third-order valence-corrected chi connectivity index (χ3v) is 4.08. The number of anilines is 2. The Morgan fingerprint density at radius 3 is 2.43 bits per heavy atom. The number of benzene rings is 1. The average Bonchev–Trinajstić information content (AvgIpc) is 2.45. The molecule has 0 radical (unpaired) electrons. The summed E-state index contributed by atoms with van der Waals surface area (Å²) < 4.78 is 23.5. The summed E-state index contributed by atoms with van der Waals surface area (Å²) in [4.78, 5) is 5.93. The van der Waals surface area contributed by atoms with Crippen LogP contribution in [0, 0.1) is 0 Å². The van der Waals surface area contributed by atoms with Gasteiger partial charge in [0.05, 0.1) is 5.69 Å². The van der Waals surface area contributed by atoms with Crippen LogP contribution in [-0.4, -0.2) is 19.9 Å². The molecule has 0 atom stereocenters. The fraction of sp³-hybridized carbons (Fsp3) is 0.214. The van der Waals surface area contributed by atoms with Crippen LogP contribution < -0.4 is 15.8 Å². The molecule has 7 heteroatoms. The van der Waals surface area contributed by atoms with E-state index in [0.717, 1.165) is 5.56 Å². The van der Waals surface area contributed by atoms with Gasteiger partial charge in [0.1, 0.15) is 4.90 Å². The molecule has 21 heavy (non-hydrogen) atoms. The molecule has 0 fully saturated rings. The molecule has 2 aromatic rings. The fourth-order valence-electron chi connectivity index (χ4n) is 2.10. The van der Waals surface area contributed by atoms with Gasteiger partial charge in [-0.15, -0.1) is 0 Å². The normalized spacial score (nSPS) is 11.3. The van der Waals surface area contributed by atoms with E-state index in [2.05, 4.69) is 4.98 Å². The van der Waals surface area contributed by atoms with E-state index in [9.17, 15) is 8.42 Å². The molecule has 0 bridgehead atoms. The van der Waals surface area contributed by atoms with E-state index < -0.39 is 10.0 Å². The lowest BCUT2D eigenvalue weighted by Gasteiger charge is -2.25. The van der Waals surface area contributed by atoms with Crippen molar-refractivity contribution >= 4 is 21.4 Å². The molecule has 1 aromatic carbocycles. The van der Waals surface area contributed by atoms with Gasteiger partial charge in [-0.25, -0.2) is 13.6 Å². The summed E-state index contributed by atoms with van der Waals surface area (Å²) in [6.45, 7) is 3.14. The van der Waals surface area contributed by atoms with Gasteiger partial charge >= 0.3 is 0 Å². The van der Waals surface area contributed by atoms with Crippen molar-refractivity contribution in [3.63, 3.8) is 0 Å². The molecule has 0 aliphatic heterocycles. The third kappa shape index (κ3) is 3.71. The molecular formula is C14H18N4O2S. The smallest absolute Gasteiger partial charge is 0.240 e. The first-order valence-corrected chi connectivity index (χ1v) is 8.02. The monoisotopic (exact) mass is 306 g/mol. The van der Waals surface area contributed by atoms with E-state index in [0.29, 0.717) is 24.5 Å². The van der Waals surface area contributed by atoms with Crippen LogP contribution in [-0.2, 0) is 16.6 Å². The number of rotatable bonds is 5. The summed E-state index contributed by atoms with van der Waals surface area (Å²) in [6.07, 6.45) is 3.40. The summed E-state index contributed by atoms with van der Waals surface area (Å²) in [5, 5.41) is 5.29. The van der Waals surface area contributed by atoms with E-state index in [1.54, 1.807) is 24.5 Å². The van der Waals surface area contributed by atoms with Gasteiger partial charge in [0.2, 0.25) is 10.0 Å². The Morgan fingerprint density at radius 1 is 1.19 bits per heavy atom. The number of aromatic nitrogens is 1. The highest BCUT2D eigenvalue weighted by Crippen LogP contribution is 2.27. The number of hydrogen-bond donors (Lipinski definition) is 2. The van der Waals surface area contributed by atoms with Gasteiger partial charge in [-0.1, -0.05) is 0 Å². The Balaban J connectivity index is 2.43. The molecule has 112 valence electrons. The van der Waals surface area contributed by atoms with E-state index in [1.807, 2.05) is 24.0 Å². The Hall–Kier alpha value is -2.12. The highest BCUT2D eigenvalue weighted by atomic mass is 32.2. The van der Waals surface area contributed by atoms with E-state index in [-0.39, 0.29) is 4.90 Å². The lowest BCUT2D eigenvalue weighted by Crippen LogP contribution is -2.25. The first kappa shape index (κ1) is 15.3. The predicted octanol–water partition coefficient (Wildman–Crippen LogP) is 1.34. The van der Waals surface area contributed by atoms with Crippen LogP contribution in [0.15, 0.2) is 47.6 Å². The molecule has 0 saturated carbocycles. The molecule has 0 aliphatic rings. The number of primary sulfonamides is 1. The zero-order valence-electron chi connectivity index (χ0n) is 11.7. The minimum absolute atomic E-state index is 0.0402. The Kier molecular flexibility index (Phi) is 4.44. The largest absolute Gasteiger partial charge is 0.399 e. The van der Waals surface area contributed by atoms with Crippen LogP contribution >= 0.6 is 0 Å². The van der Waals surface area contributed by atoms with Gasteiger partial charge in [0.15, 0.2) is 0 Å². The highest BCUT2D eigenvalue weighted by Gasteiger charge is 2.18. The van der Waals surface area contributed by atoms with Crippen molar-refractivity contribution in [2.45, 2.75) is 18.4 Å². The minimum atomic E-state index is -3.84. The SMILES string of the molecule is CCN(Cc1ccncc1)c1ccc(N)cc1S(N)(=O)=O. The maximum atomic E-state index is 11.8. The van der Waals surface area contributed by atoms with Gasteiger partial charge in [0, 0.05) is 31.2 Å². The summed E-state index contributed by atoms with van der Waals surface area (Å²) in [5.41, 5.74) is 7.61. The zero-order valence-corrected chi connectivity index (χ0v) is 12.5. The zero-order chi connectivity index (χ0) is 15.5. The van der Waals surface area contributed by atoms with Crippen LogP contribution in [0.3, 0.4) is 0 Å². The van der Waals surface area contributed by atoms with Crippen LogP contribution in [0.5, 0.6) is 0 Å². The lowest BCUT2D eigenvalue weighted by molar-refractivity contribution is 0.597. The quantitative estimate of drug-likeness (QED) is 0.811. The minimum Gasteiger partial charge on any atom is -0.399 e. The molecule has 0 spiro atoms. The lowest BCUT2D eigenvalue weighted by atomic mass is 10.2. The number of pyridine rings is 1. The first-order valence-electron chi connectivity index (χ1n) is 6.48. The van der Waals surface area contributed by atoms with Crippen molar-refractivity contribution in [2.75, 3.05) is 17.2 Å². The van der Waals surface area contributed by atoms with Crippen molar-refractivity contribution in [3.05, 3.63) is 48.3 Å². The topological polar surface area (TPSA) is 102 Å². The second-order valence-corrected chi connectivity index (χ2v) is 6.17. The molecule has 0 amide bonds. The Morgan fingerprint density at radius 2 is 1.86 bits per heavy atom. The first-order chi connectivity index (χ1) is 9.91. The van der Waals surface area contributed by atoms with E-state index in [1.165, 1.54) is 6.07 Å². The third-order valence-electron chi connectivity index (χ3n) is 3.14. The number of nitrogens with zero attached hydrogens (tertiary/aromatic N) is 2. The molecule has 2 rings (SSSR count). The van der Waals surface area contributed by atoms with Crippen molar-refractivity contribution < 1.29 is 8.42 Å². The van der Waals surface area contributed by atoms with Crippen LogP contribution in [0.2, 0.25) is 0 Å². The number of nitrogen functional groups attached to an aromatic ring is 1. The fourth-order valence-corrected chi connectivity index (χ4v) is 2.88. The summed E-state index contributed by atoms with van der Waals surface area (Å²) >= 11 is 0. The molecule has 4 N–H and O–H groups in total. The standard InChI is InChI=1S/C14H18N4O2S/c1-2-18(10-11-5-7-17-8-6-11)13-4-3-12(15)9-14(13)21(16,19)20/h3-9H,2,10,15H2,1H3,(H2,16,19,20). The molecule has 6 nitrogen and oxygen atoms in total. The predicted molar refractivity (Wildman–Crippen MR) is 83.2 cm³/mol. The Bertz CT molecular complexity index is 717. The Labute approximate surface area is 124 Å². The number of sulfonamides is 1. The second-order valence-electron chi connectivity index (χ2n) is 4.64. The van der Waals surface area contributed by atoms with Gasteiger partial charge in [-0.3, -0.25) is 4.98 Å². The molecule has 1 aromatic heterocycles. The van der Waals surface area contributed by atoms with E-state index in [4.69, 9.17) is 10.9 Å². The van der Waals surface area contributed by atoms with Crippen molar-refractivity contribution in [2.24, 2.45) is 5.14 Å². The average molecular weight is 306 g/mol. The summed E-state index contributed by atoms with van der Waals surface area (Å²) in [7, 11) is -3.84. The molecular weight excluding hydrogens is 288 g/mol. The van der Waals surface area contributed by atoms with Crippen molar-refractivity contribution in [1.82, 2.24) is 4.98 Å². The van der Waals surface area contributed by atoms with Crippen molar-refractivity contribution in [3.8, 4) is 0 Å². The molecule has 1 heterocycles. The summed E-state index contributed by atoms with van der Waals surface area (Å²) in [6, 6.07) is 8.51. The number of nitrogens with two attached hydrogens (primary N) is 2. The molecule has 0 aliphatic carbocycles. The van der Waals surface area contributed by atoms with E-state index >= 15 is 0 Å². The molecule has 0 saturated heterocycles. The molecule has 0 unspecified atom stereocenters. The van der Waals surface area contributed by atoms with Gasteiger partial charge in [-0.2, -0.15) is 0 Å². The van der Waals surface area contributed by atoms with Gasteiger partial charge in [-0.05, 0) is 42.8 Å². The summed E-state index contributed by atoms with van der Waals surface area (Å²) in [5.74, 6) is 0. The van der Waals surface area contributed by atoms with Crippen LogP contribution in [0.25, 0.3) is 0 Å². The van der Waals surface area contributed by atoms with Crippen LogP contribution in [0.4, 0.5) is 11.4 Å². The van der Waals surface area contributed by atoms with Gasteiger partial charge < -0.3 is 10.6 Å². The second kappa shape index (κ2) is 6.11. The van der Waals surface area contributed by atoms with Crippen molar-refractivity contribution in [1.29, 1.82) is 0 Å². The highest BCUT2D eigenvalue weighted by molar-refractivity contribution is 7.89. The maximum absolute atomic E-state index is 11.8. The maximum Gasteiger partial charge on any atom is 0.240 e. The van der Waals surface area contributed by atoms with Crippen LogP contribution in [0.1, 0.15) is 12.5 Å². The number of hydrogen-bond acceptors (Lipinski definition) is 5. The van der Waals surface area contributed by atoms with Gasteiger partial charge in [0.25, 0.3) is 0 Å².